The average molecular weight is 1030 g/mol. The highest BCUT2D eigenvalue weighted by Gasteiger charge is 2.01. The molecule has 0 aromatic heterocycles. The molecule has 0 bridgehead atoms. The van der Waals surface area contributed by atoms with Crippen LogP contribution in [0.2, 0.25) is 0 Å². The van der Waals surface area contributed by atoms with E-state index < -0.39 is 0 Å². The maximum Gasteiger partial charge on any atom is -0.0533 e. The number of hydrogen-bond donors (Lipinski definition) is 0. The fourth-order valence-electron chi connectivity index (χ4n) is 12.3. The van der Waals surface area contributed by atoms with E-state index in [0.717, 1.165) is 0 Å². The third kappa shape index (κ3) is 72.0. The Labute approximate surface area is 467 Å². The quantitative estimate of drug-likeness (QED) is 0.0533. The van der Waals surface area contributed by atoms with Crippen LogP contribution in [0.15, 0.2) is 0 Å². The third-order valence-corrected chi connectivity index (χ3v) is 17.7. The summed E-state index contributed by atoms with van der Waals surface area (Å²) >= 11 is 0. The van der Waals surface area contributed by atoms with Gasteiger partial charge in [-0.2, -0.15) is 0 Å². The second-order valence-electron chi connectivity index (χ2n) is 25.4. The van der Waals surface area contributed by atoms with Crippen molar-refractivity contribution in [3.8, 4) is 0 Å². The molecule has 0 radical (unpaired) electrons. The van der Waals surface area contributed by atoms with E-state index in [1.54, 1.807) is 0 Å². The van der Waals surface area contributed by atoms with Crippen molar-refractivity contribution in [2.45, 2.75) is 470 Å². The van der Waals surface area contributed by atoms with Gasteiger partial charge in [0.2, 0.25) is 0 Å². The molecule has 0 heteroatoms. The number of hydrogen-bond acceptors (Lipinski definition) is 0. The van der Waals surface area contributed by atoms with Crippen molar-refractivity contribution in [2.24, 2.45) is 0 Å². The summed E-state index contributed by atoms with van der Waals surface area (Å²) < 4.78 is 0. The molecular weight excluding hydrogens is 877 g/mol. The molecule has 0 heterocycles. The molecule has 73 heavy (non-hydrogen) atoms. The first-order valence-electron chi connectivity index (χ1n) is 36.4. The third-order valence-electron chi connectivity index (χ3n) is 17.7. The van der Waals surface area contributed by atoms with Crippen LogP contribution in [-0.2, 0) is 0 Å². The minimum Gasteiger partial charge on any atom is -0.0654 e. The van der Waals surface area contributed by atoms with Crippen molar-refractivity contribution in [3.05, 3.63) is 0 Å². The molecule has 440 valence electrons. The van der Waals surface area contributed by atoms with E-state index in [1.807, 2.05) is 0 Å². The molecule has 0 aliphatic rings. The predicted molar refractivity (Wildman–Crippen MR) is 339 cm³/mol. The van der Waals surface area contributed by atoms with Gasteiger partial charge in [0.05, 0.1) is 0 Å². The smallest absolute Gasteiger partial charge is 0.0533 e. The molecule has 0 saturated heterocycles. The lowest BCUT2D eigenvalue weighted by Crippen LogP contribution is -1.85. The van der Waals surface area contributed by atoms with Crippen molar-refractivity contribution >= 4 is 0 Å². The Bertz CT molecular complexity index is 803. The van der Waals surface area contributed by atoms with Gasteiger partial charge in [-0.15, -0.1) is 0 Å². The zero-order valence-electron chi connectivity index (χ0n) is 52.2. The van der Waals surface area contributed by atoms with Crippen molar-refractivity contribution in [1.29, 1.82) is 0 Å². The van der Waals surface area contributed by atoms with Crippen LogP contribution in [0, 0.1) is 0 Å². The van der Waals surface area contributed by atoms with Gasteiger partial charge in [0.15, 0.2) is 0 Å². The Balaban J connectivity index is 3.07. The van der Waals surface area contributed by atoms with Gasteiger partial charge in [-0.05, 0) is 0 Å². The largest absolute Gasteiger partial charge is 0.0654 e. The summed E-state index contributed by atoms with van der Waals surface area (Å²) in [6.07, 6.45) is 106. The van der Waals surface area contributed by atoms with E-state index in [-0.39, 0.29) is 0 Å². The number of unbranched alkanes of at least 4 members (excludes halogenated alkanes) is 70. The van der Waals surface area contributed by atoms with Crippen LogP contribution >= 0.6 is 0 Å². The first-order chi connectivity index (χ1) is 36.4. The van der Waals surface area contributed by atoms with Crippen LogP contribution in [-0.4, -0.2) is 0 Å². The molecule has 0 aromatic rings. The first kappa shape index (κ1) is 73.0. The lowest BCUT2D eigenvalue weighted by Gasteiger charge is -2.05. The molecule has 0 amide bonds. The van der Waals surface area contributed by atoms with Crippen LogP contribution < -0.4 is 0 Å². The normalized spacial score (nSPS) is 11.8. The van der Waals surface area contributed by atoms with Crippen molar-refractivity contribution < 1.29 is 0 Å². The highest BCUT2D eigenvalue weighted by Crippen LogP contribution is 2.21. The molecule has 0 spiro atoms. The first-order valence-corrected chi connectivity index (χ1v) is 36.4. The second-order valence-corrected chi connectivity index (χ2v) is 25.4. The van der Waals surface area contributed by atoms with E-state index >= 15 is 0 Å². The van der Waals surface area contributed by atoms with Gasteiger partial charge in [0, 0.05) is 0 Å². The summed E-state index contributed by atoms with van der Waals surface area (Å²) in [6.45, 7) is 4.63. The molecule has 0 unspecified atom stereocenters. The summed E-state index contributed by atoms with van der Waals surface area (Å²) in [5.74, 6) is 0. The Morgan fingerprint density at radius 2 is 0.110 bits per heavy atom. The summed E-state index contributed by atoms with van der Waals surface area (Å²) in [5.41, 5.74) is 0. The topological polar surface area (TPSA) is 0 Å². The minimum absolute atomic E-state index is 1.37. The van der Waals surface area contributed by atoms with Gasteiger partial charge < -0.3 is 0 Å². The lowest BCUT2D eigenvalue weighted by molar-refractivity contribution is 0.506. The van der Waals surface area contributed by atoms with Crippen LogP contribution in [0.3, 0.4) is 0 Å². The van der Waals surface area contributed by atoms with Crippen molar-refractivity contribution in [3.63, 3.8) is 0 Å². The van der Waals surface area contributed by atoms with Crippen molar-refractivity contribution in [1.82, 2.24) is 0 Å². The average Bonchev–Trinajstić information content (AvgIpc) is 3.40. The van der Waals surface area contributed by atoms with E-state index in [0.29, 0.717) is 0 Å². The van der Waals surface area contributed by atoms with Gasteiger partial charge in [-0.3, -0.25) is 0 Å². The van der Waals surface area contributed by atoms with Crippen LogP contribution in [0.25, 0.3) is 0 Å². The van der Waals surface area contributed by atoms with E-state index in [9.17, 15) is 0 Å². The number of rotatable bonds is 70. The molecule has 0 fully saturated rings. The lowest BCUT2D eigenvalue weighted by atomic mass is 10.0. The minimum atomic E-state index is 1.37. The Kier molecular flexibility index (Phi) is 72.0. The molecule has 0 saturated carbocycles. The SMILES string of the molecule is CCCCCCCCCCCCCCCCCCCCCCCCCCCCCCCCCCCCCCCCCCCCCCCCCCCCCCCCCCCCCCCCCCCCCCCCC. The molecule has 0 rings (SSSR count). The van der Waals surface area contributed by atoms with Gasteiger partial charge in [-0.1, -0.05) is 470 Å². The molecule has 0 aromatic carbocycles. The van der Waals surface area contributed by atoms with Crippen LogP contribution in [0.4, 0.5) is 0 Å². The van der Waals surface area contributed by atoms with E-state index in [2.05, 4.69) is 13.8 Å². The fraction of sp³-hybridized carbons (Fsp3) is 1.00. The Hall–Kier alpha value is 0. The summed E-state index contributed by atoms with van der Waals surface area (Å²) in [4.78, 5) is 0. The summed E-state index contributed by atoms with van der Waals surface area (Å²) in [7, 11) is 0. The maximum atomic E-state index is 2.32. The zero-order valence-corrected chi connectivity index (χ0v) is 52.2. The summed E-state index contributed by atoms with van der Waals surface area (Å²) in [6, 6.07) is 0. The molecule has 0 aliphatic carbocycles. The monoisotopic (exact) mass is 1030 g/mol. The molecule has 0 N–H and O–H groups in total. The predicted octanol–water partition coefficient (Wildman–Crippen LogP) is 28.7. The molecule has 0 aliphatic heterocycles. The highest BCUT2D eigenvalue weighted by molar-refractivity contribution is 4.57. The van der Waals surface area contributed by atoms with Gasteiger partial charge in [0.1, 0.15) is 0 Å². The fourth-order valence-corrected chi connectivity index (χ4v) is 12.3. The van der Waals surface area contributed by atoms with Crippen molar-refractivity contribution in [2.75, 3.05) is 0 Å². The van der Waals surface area contributed by atoms with Crippen LogP contribution in [0.1, 0.15) is 470 Å². The molecule has 0 nitrogen and oxygen atoms in total. The molecule has 0 atom stereocenters. The highest BCUT2D eigenvalue weighted by atomic mass is 14.1. The van der Waals surface area contributed by atoms with E-state index in [4.69, 9.17) is 0 Å². The van der Waals surface area contributed by atoms with Gasteiger partial charge in [-0.25, -0.2) is 0 Å². The Morgan fingerprint density at radius 1 is 0.0685 bits per heavy atom. The van der Waals surface area contributed by atoms with Gasteiger partial charge >= 0.3 is 0 Å². The Morgan fingerprint density at radius 3 is 0.151 bits per heavy atom. The zero-order chi connectivity index (χ0) is 52.2. The maximum absolute atomic E-state index is 2.32. The standard InChI is InChI=1S/C73H148/c1-3-5-7-9-11-13-15-17-19-21-23-25-27-29-31-33-35-37-39-41-43-45-47-49-51-53-55-57-59-61-63-65-67-69-71-73-72-70-68-66-64-62-60-58-56-54-52-50-48-46-44-42-40-38-36-34-32-30-28-26-24-22-20-18-16-14-12-10-8-6-4-2/h3-73H2,1-2H3. The van der Waals surface area contributed by atoms with Crippen LogP contribution in [0.5, 0.6) is 0 Å². The summed E-state index contributed by atoms with van der Waals surface area (Å²) in [5, 5.41) is 0. The second kappa shape index (κ2) is 72.0. The van der Waals surface area contributed by atoms with Gasteiger partial charge in [0.25, 0.3) is 0 Å². The molecular formula is C73H148. The van der Waals surface area contributed by atoms with E-state index in [1.165, 1.54) is 456 Å².